The average molecular weight is 453 g/mol. The largest absolute Gasteiger partial charge is 0.0622 e. The van der Waals surface area contributed by atoms with Gasteiger partial charge in [0.05, 0.1) is 0 Å². The zero-order valence-corrected chi connectivity index (χ0v) is 21.0. The Morgan fingerprint density at radius 1 is 0.486 bits per heavy atom. The third-order valence-electron chi connectivity index (χ3n) is 8.26. The third-order valence-corrected chi connectivity index (χ3v) is 8.26. The molecule has 0 aliphatic heterocycles. The Labute approximate surface area is 209 Å². The van der Waals surface area contributed by atoms with Crippen LogP contribution in [0.5, 0.6) is 0 Å². The van der Waals surface area contributed by atoms with E-state index in [4.69, 9.17) is 0 Å². The minimum absolute atomic E-state index is 0.0541. The fourth-order valence-corrected chi connectivity index (χ4v) is 6.65. The molecule has 0 saturated carbocycles. The van der Waals surface area contributed by atoms with Crippen LogP contribution in [-0.2, 0) is 0 Å². The quantitative estimate of drug-likeness (QED) is 0.289. The number of hydrogen-bond acceptors (Lipinski definition) is 0. The molecule has 0 aromatic heterocycles. The van der Waals surface area contributed by atoms with Crippen molar-refractivity contribution >= 4 is 23.3 Å². The van der Waals surface area contributed by atoms with Gasteiger partial charge in [-0.1, -0.05) is 111 Å². The van der Waals surface area contributed by atoms with Crippen LogP contribution in [0.3, 0.4) is 0 Å². The predicted octanol–water partition coefficient (Wildman–Crippen LogP) is 9.31. The Balaban J connectivity index is 1.57. The summed E-state index contributed by atoms with van der Waals surface area (Å²) in [5, 5.41) is 0. The Morgan fingerprint density at radius 3 is 1.29 bits per heavy atom. The molecule has 0 bridgehead atoms. The molecule has 0 saturated heterocycles. The van der Waals surface area contributed by atoms with E-state index in [2.05, 4.69) is 137 Å². The van der Waals surface area contributed by atoms with Crippen molar-refractivity contribution in [1.82, 2.24) is 0 Å². The lowest BCUT2D eigenvalue weighted by molar-refractivity contribution is 0.304. The van der Waals surface area contributed by atoms with Gasteiger partial charge in [0.25, 0.3) is 0 Å². The van der Waals surface area contributed by atoms with Crippen LogP contribution in [0.25, 0.3) is 23.3 Å². The number of benzene rings is 4. The maximum absolute atomic E-state index is 2.49. The maximum Gasteiger partial charge on any atom is 0.0162 e. The molecule has 0 heteroatoms. The first-order valence-electron chi connectivity index (χ1n) is 12.7. The van der Waals surface area contributed by atoms with E-state index in [9.17, 15) is 0 Å². The Morgan fingerprint density at radius 2 is 0.886 bits per heavy atom. The van der Waals surface area contributed by atoms with E-state index in [0.29, 0.717) is 11.8 Å². The lowest BCUT2D eigenvalue weighted by Crippen LogP contribution is -2.30. The minimum Gasteiger partial charge on any atom is -0.0622 e. The number of fused-ring (bicyclic) bond motifs is 2. The van der Waals surface area contributed by atoms with Crippen LogP contribution in [0.2, 0.25) is 0 Å². The molecule has 0 amide bonds. The van der Waals surface area contributed by atoms with Gasteiger partial charge in [0.1, 0.15) is 0 Å². The van der Waals surface area contributed by atoms with Crippen LogP contribution in [0.4, 0.5) is 0 Å². The average Bonchev–Trinajstić information content (AvgIpc) is 3.47. The molecule has 0 spiro atoms. The Kier molecular flexibility index (Phi) is 5.15. The standard InChI is InChI=1S/C35H32/c1-23-13-11-19-27-29(23)21-31(25-15-7-5-8-16-25)33(27)35(3,4)34-28-20-12-14-24(2)30(28)22-32(34)26-17-9-6-10-18-26/h5-22,33-34H,1-4H3. The Bertz CT molecular complexity index is 1350. The highest BCUT2D eigenvalue weighted by molar-refractivity contribution is 5.96. The van der Waals surface area contributed by atoms with Gasteiger partial charge in [-0.25, -0.2) is 0 Å². The van der Waals surface area contributed by atoms with Crippen LogP contribution in [0, 0.1) is 19.3 Å². The van der Waals surface area contributed by atoms with Gasteiger partial charge in [0.15, 0.2) is 0 Å². The third kappa shape index (κ3) is 3.43. The maximum atomic E-state index is 2.49. The summed E-state index contributed by atoms with van der Waals surface area (Å²) in [5.41, 5.74) is 13.9. The first-order valence-corrected chi connectivity index (χ1v) is 12.7. The van der Waals surface area contributed by atoms with Crippen LogP contribution in [0.1, 0.15) is 70.2 Å². The molecule has 2 aliphatic carbocycles. The summed E-state index contributed by atoms with van der Waals surface area (Å²) in [6.45, 7) is 9.48. The van der Waals surface area contributed by atoms with E-state index in [0.717, 1.165) is 0 Å². The summed E-state index contributed by atoms with van der Waals surface area (Å²) in [6, 6.07) is 35.7. The first kappa shape index (κ1) is 21.9. The normalized spacial score (nSPS) is 18.6. The molecule has 35 heavy (non-hydrogen) atoms. The summed E-state index contributed by atoms with van der Waals surface area (Å²) in [5.74, 6) is 0.590. The van der Waals surface area contributed by atoms with Crippen LogP contribution in [0.15, 0.2) is 97.1 Å². The van der Waals surface area contributed by atoms with Crippen LogP contribution >= 0.6 is 0 Å². The van der Waals surface area contributed by atoms with Crippen molar-refractivity contribution in [3.05, 3.63) is 142 Å². The second-order valence-electron chi connectivity index (χ2n) is 10.8. The van der Waals surface area contributed by atoms with Crippen molar-refractivity contribution in [1.29, 1.82) is 0 Å². The van der Waals surface area contributed by atoms with Gasteiger partial charge in [-0.05, 0) is 87.1 Å². The topological polar surface area (TPSA) is 0 Å². The number of hydrogen-bond donors (Lipinski definition) is 0. The molecule has 0 N–H and O–H groups in total. The summed E-state index contributed by atoms with van der Waals surface area (Å²) >= 11 is 0. The van der Waals surface area contributed by atoms with E-state index in [1.54, 1.807) is 0 Å². The molecule has 172 valence electrons. The fraction of sp³-hybridized carbons (Fsp3) is 0.200. The smallest absolute Gasteiger partial charge is 0.0162 e. The predicted molar refractivity (Wildman–Crippen MR) is 150 cm³/mol. The fourth-order valence-electron chi connectivity index (χ4n) is 6.65. The number of allylic oxidation sites excluding steroid dienone is 2. The van der Waals surface area contributed by atoms with Gasteiger partial charge in [-0.3, -0.25) is 0 Å². The van der Waals surface area contributed by atoms with Crippen LogP contribution < -0.4 is 0 Å². The zero-order chi connectivity index (χ0) is 24.2. The molecule has 0 radical (unpaired) electrons. The summed E-state index contributed by atoms with van der Waals surface area (Å²) < 4.78 is 0. The van der Waals surface area contributed by atoms with Gasteiger partial charge >= 0.3 is 0 Å². The molecule has 0 nitrogen and oxygen atoms in total. The highest BCUT2D eigenvalue weighted by Gasteiger charge is 2.47. The van der Waals surface area contributed by atoms with Crippen molar-refractivity contribution in [2.45, 2.75) is 39.5 Å². The lowest BCUT2D eigenvalue weighted by atomic mass is 9.61. The summed E-state index contributed by atoms with van der Waals surface area (Å²) in [7, 11) is 0. The molecule has 0 fully saturated rings. The Hall–Kier alpha value is -3.64. The molecular formula is C35H32. The molecule has 2 unspecified atom stereocenters. The lowest BCUT2D eigenvalue weighted by Gasteiger charge is -2.42. The van der Waals surface area contributed by atoms with Crippen molar-refractivity contribution in [3.63, 3.8) is 0 Å². The molecule has 4 aromatic carbocycles. The molecular weight excluding hydrogens is 420 g/mol. The van der Waals surface area contributed by atoms with E-state index in [-0.39, 0.29) is 5.41 Å². The molecule has 6 rings (SSSR count). The number of rotatable bonds is 4. The minimum atomic E-state index is -0.0541. The second kappa shape index (κ2) is 8.24. The van der Waals surface area contributed by atoms with Gasteiger partial charge in [0.2, 0.25) is 0 Å². The highest BCUT2D eigenvalue weighted by atomic mass is 14.5. The van der Waals surface area contributed by atoms with Gasteiger partial charge in [0, 0.05) is 11.8 Å². The van der Waals surface area contributed by atoms with E-state index >= 15 is 0 Å². The van der Waals surface area contributed by atoms with E-state index in [1.807, 2.05) is 0 Å². The van der Waals surface area contributed by atoms with Crippen molar-refractivity contribution < 1.29 is 0 Å². The van der Waals surface area contributed by atoms with Crippen molar-refractivity contribution in [2.24, 2.45) is 5.41 Å². The van der Waals surface area contributed by atoms with Gasteiger partial charge in [-0.15, -0.1) is 0 Å². The van der Waals surface area contributed by atoms with Crippen molar-refractivity contribution in [3.8, 4) is 0 Å². The second-order valence-corrected chi connectivity index (χ2v) is 10.8. The molecule has 2 aliphatic rings. The SMILES string of the molecule is Cc1cccc2c1C=C(c1ccccc1)C2C(C)(C)C1C(c2ccccc2)=Cc2c(C)cccc21. The van der Waals surface area contributed by atoms with E-state index in [1.165, 1.54) is 55.7 Å². The van der Waals surface area contributed by atoms with E-state index < -0.39 is 0 Å². The first-order chi connectivity index (χ1) is 17.0. The number of aryl methyl sites for hydroxylation is 2. The van der Waals surface area contributed by atoms with Crippen molar-refractivity contribution in [2.75, 3.05) is 0 Å². The van der Waals surface area contributed by atoms with Gasteiger partial charge < -0.3 is 0 Å². The highest BCUT2D eigenvalue weighted by Crippen LogP contribution is 2.62. The summed E-state index contributed by atoms with van der Waals surface area (Å²) in [4.78, 5) is 0. The molecule has 2 atom stereocenters. The zero-order valence-electron chi connectivity index (χ0n) is 21.0. The van der Waals surface area contributed by atoms with Crippen LogP contribution in [-0.4, -0.2) is 0 Å². The monoisotopic (exact) mass is 452 g/mol. The molecule has 0 heterocycles. The summed E-state index contributed by atoms with van der Waals surface area (Å²) in [6.07, 6.45) is 4.93. The molecule has 4 aromatic rings. The van der Waals surface area contributed by atoms with Gasteiger partial charge in [-0.2, -0.15) is 0 Å².